The summed E-state index contributed by atoms with van der Waals surface area (Å²) in [5, 5.41) is 13.8. The molecular weight excluding hydrogens is 354 g/mol. The molecule has 0 amide bonds. The van der Waals surface area contributed by atoms with Crippen LogP contribution in [0.1, 0.15) is 5.56 Å². The number of rotatable bonds is 3. The molecule has 112 valence electrons. The van der Waals surface area contributed by atoms with Gasteiger partial charge in [0.1, 0.15) is 11.5 Å². The Bertz CT molecular complexity index is 816. The summed E-state index contributed by atoms with van der Waals surface area (Å²) < 4.78 is 29.1. The van der Waals surface area contributed by atoms with Crippen LogP contribution >= 0.6 is 15.9 Å². The SMILES string of the molecule is OCc1cn(-c2ccc(F)cc2F)nc1-c1ccc(Br)cc1. The quantitative estimate of drug-likeness (QED) is 0.760. The highest BCUT2D eigenvalue weighted by molar-refractivity contribution is 9.10. The number of hydrogen-bond donors (Lipinski definition) is 1. The number of benzene rings is 2. The highest BCUT2D eigenvalue weighted by Gasteiger charge is 2.14. The van der Waals surface area contributed by atoms with Crippen LogP contribution in [0.2, 0.25) is 0 Å². The molecule has 0 spiro atoms. The maximum Gasteiger partial charge on any atom is 0.151 e. The lowest BCUT2D eigenvalue weighted by Gasteiger charge is -2.03. The highest BCUT2D eigenvalue weighted by Crippen LogP contribution is 2.26. The van der Waals surface area contributed by atoms with Crippen LogP contribution in [0.5, 0.6) is 0 Å². The van der Waals surface area contributed by atoms with Crippen LogP contribution in [0.3, 0.4) is 0 Å². The number of aromatic nitrogens is 2. The molecule has 0 atom stereocenters. The van der Waals surface area contributed by atoms with Crippen LogP contribution in [-0.2, 0) is 6.61 Å². The molecule has 0 radical (unpaired) electrons. The molecule has 0 saturated carbocycles. The van der Waals surface area contributed by atoms with Crippen LogP contribution in [0, 0.1) is 11.6 Å². The van der Waals surface area contributed by atoms with E-state index in [1.165, 1.54) is 16.9 Å². The second kappa shape index (κ2) is 5.98. The molecule has 0 bridgehead atoms. The van der Waals surface area contributed by atoms with Gasteiger partial charge in [0.05, 0.1) is 12.3 Å². The van der Waals surface area contributed by atoms with E-state index in [1.54, 1.807) is 0 Å². The first kappa shape index (κ1) is 14.9. The van der Waals surface area contributed by atoms with E-state index in [4.69, 9.17) is 0 Å². The van der Waals surface area contributed by atoms with Crippen LogP contribution in [0.25, 0.3) is 16.9 Å². The molecule has 22 heavy (non-hydrogen) atoms. The molecule has 3 aromatic rings. The summed E-state index contributed by atoms with van der Waals surface area (Å²) in [4.78, 5) is 0. The lowest BCUT2D eigenvalue weighted by molar-refractivity contribution is 0.282. The zero-order chi connectivity index (χ0) is 15.7. The van der Waals surface area contributed by atoms with Gasteiger partial charge in [-0.2, -0.15) is 5.10 Å². The van der Waals surface area contributed by atoms with Crippen molar-refractivity contribution in [3.63, 3.8) is 0 Å². The Morgan fingerprint density at radius 2 is 1.82 bits per heavy atom. The molecular formula is C16H11BrF2N2O. The number of aliphatic hydroxyl groups excluding tert-OH is 1. The van der Waals surface area contributed by atoms with E-state index in [2.05, 4.69) is 21.0 Å². The Morgan fingerprint density at radius 3 is 2.45 bits per heavy atom. The first-order valence-electron chi connectivity index (χ1n) is 6.49. The molecule has 1 N–H and O–H groups in total. The number of halogens is 3. The van der Waals surface area contributed by atoms with E-state index < -0.39 is 11.6 Å². The number of hydrogen-bond acceptors (Lipinski definition) is 2. The summed E-state index contributed by atoms with van der Waals surface area (Å²) in [5.74, 6) is -1.36. The number of nitrogens with zero attached hydrogens (tertiary/aromatic N) is 2. The molecule has 0 saturated heterocycles. The van der Waals surface area contributed by atoms with Gasteiger partial charge in [0.2, 0.25) is 0 Å². The minimum Gasteiger partial charge on any atom is -0.392 e. The normalized spacial score (nSPS) is 10.9. The van der Waals surface area contributed by atoms with E-state index in [-0.39, 0.29) is 12.3 Å². The van der Waals surface area contributed by atoms with Crippen molar-refractivity contribution in [1.29, 1.82) is 0 Å². The van der Waals surface area contributed by atoms with Crippen molar-refractivity contribution in [3.8, 4) is 16.9 Å². The van der Waals surface area contributed by atoms with E-state index in [0.717, 1.165) is 22.2 Å². The van der Waals surface area contributed by atoms with Crippen molar-refractivity contribution in [2.24, 2.45) is 0 Å². The summed E-state index contributed by atoms with van der Waals surface area (Å²) in [5.41, 5.74) is 2.04. The van der Waals surface area contributed by atoms with E-state index in [1.807, 2.05) is 24.3 Å². The summed E-state index contributed by atoms with van der Waals surface area (Å²) >= 11 is 3.35. The molecule has 0 fully saturated rings. The predicted octanol–water partition coefficient (Wildman–Crippen LogP) is 4.07. The molecule has 0 unspecified atom stereocenters. The third-order valence-electron chi connectivity index (χ3n) is 3.23. The first-order valence-corrected chi connectivity index (χ1v) is 7.28. The Labute approximate surface area is 134 Å². The lowest BCUT2D eigenvalue weighted by Crippen LogP contribution is -1.99. The van der Waals surface area contributed by atoms with E-state index in [9.17, 15) is 13.9 Å². The van der Waals surface area contributed by atoms with Crippen molar-refractivity contribution in [3.05, 3.63) is 70.3 Å². The van der Waals surface area contributed by atoms with Crippen LogP contribution in [-0.4, -0.2) is 14.9 Å². The fourth-order valence-corrected chi connectivity index (χ4v) is 2.43. The Kier molecular flexibility index (Phi) is 4.04. The van der Waals surface area contributed by atoms with Gasteiger partial charge in [-0.05, 0) is 24.3 Å². The Balaban J connectivity index is 2.10. The fourth-order valence-electron chi connectivity index (χ4n) is 2.17. The van der Waals surface area contributed by atoms with Gasteiger partial charge in [0.15, 0.2) is 5.82 Å². The zero-order valence-corrected chi connectivity index (χ0v) is 12.9. The zero-order valence-electron chi connectivity index (χ0n) is 11.3. The first-order chi connectivity index (χ1) is 10.6. The molecule has 0 aliphatic heterocycles. The van der Waals surface area contributed by atoms with Gasteiger partial charge in [0.25, 0.3) is 0 Å². The number of aliphatic hydroxyl groups is 1. The smallest absolute Gasteiger partial charge is 0.151 e. The van der Waals surface area contributed by atoms with Crippen LogP contribution < -0.4 is 0 Å². The summed E-state index contributed by atoms with van der Waals surface area (Å²) in [6.07, 6.45) is 1.54. The minimum absolute atomic E-state index is 0.125. The topological polar surface area (TPSA) is 38.0 Å². The van der Waals surface area contributed by atoms with Gasteiger partial charge in [0, 0.05) is 27.9 Å². The molecule has 3 nitrogen and oxygen atoms in total. The maximum atomic E-state index is 13.9. The Morgan fingerprint density at radius 1 is 1.09 bits per heavy atom. The van der Waals surface area contributed by atoms with Crippen molar-refractivity contribution in [2.45, 2.75) is 6.61 Å². The maximum absolute atomic E-state index is 13.9. The van der Waals surface area contributed by atoms with Gasteiger partial charge >= 0.3 is 0 Å². The minimum atomic E-state index is -0.714. The highest BCUT2D eigenvalue weighted by atomic mass is 79.9. The molecule has 1 aromatic heterocycles. The predicted molar refractivity (Wildman–Crippen MR) is 82.5 cm³/mol. The van der Waals surface area contributed by atoms with Crippen molar-refractivity contribution in [1.82, 2.24) is 9.78 Å². The largest absolute Gasteiger partial charge is 0.392 e. The summed E-state index contributed by atoms with van der Waals surface area (Å²) in [6.45, 7) is -0.228. The molecule has 1 heterocycles. The standard InChI is InChI=1S/C16H11BrF2N2O/c17-12-3-1-10(2-4-12)16-11(9-22)8-21(20-16)15-6-5-13(18)7-14(15)19/h1-8,22H,9H2. The van der Waals surface area contributed by atoms with Gasteiger partial charge in [-0.15, -0.1) is 0 Å². The van der Waals surface area contributed by atoms with Crippen molar-refractivity contribution < 1.29 is 13.9 Å². The second-order valence-corrected chi connectivity index (χ2v) is 5.62. The summed E-state index contributed by atoms with van der Waals surface area (Å²) in [7, 11) is 0. The Hall–Kier alpha value is -2.05. The van der Waals surface area contributed by atoms with Gasteiger partial charge < -0.3 is 5.11 Å². The average molecular weight is 365 g/mol. The van der Waals surface area contributed by atoms with Crippen LogP contribution in [0.4, 0.5) is 8.78 Å². The van der Waals surface area contributed by atoms with Crippen molar-refractivity contribution >= 4 is 15.9 Å². The molecule has 0 aliphatic rings. The summed E-state index contributed by atoms with van der Waals surface area (Å²) in [6, 6.07) is 10.7. The van der Waals surface area contributed by atoms with Gasteiger partial charge in [-0.25, -0.2) is 13.5 Å². The molecule has 2 aromatic carbocycles. The fraction of sp³-hybridized carbons (Fsp3) is 0.0625. The van der Waals surface area contributed by atoms with Crippen LogP contribution in [0.15, 0.2) is 53.1 Å². The van der Waals surface area contributed by atoms with Gasteiger partial charge in [-0.1, -0.05) is 28.1 Å². The van der Waals surface area contributed by atoms with E-state index >= 15 is 0 Å². The van der Waals surface area contributed by atoms with Crippen molar-refractivity contribution in [2.75, 3.05) is 0 Å². The molecule has 6 heteroatoms. The monoisotopic (exact) mass is 364 g/mol. The lowest BCUT2D eigenvalue weighted by atomic mass is 10.1. The second-order valence-electron chi connectivity index (χ2n) is 4.71. The molecule has 0 aliphatic carbocycles. The third kappa shape index (κ3) is 2.80. The molecule has 3 rings (SSSR count). The third-order valence-corrected chi connectivity index (χ3v) is 3.76. The van der Waals surface area contributed by atoms with E-state index in [0.29, 0.717) is 11.3 Å². The van der Waals surface area contributed by atoms with Gasteiger partial charge in [-0.3, -0.25) is 0 Å². The average Bonchev–Trinajstić information content (AvgIpc) is 2.92.